The molecule has 0 unspecified atom stereocenters. The van der Waals surface area contributed by atoms with Gasteiger partial charge in [-0.15, -0.1) is 0 Å². The second-order valence-corrected chi connectivity index (χ2v) is 6.33. The fraction of sp³-hybridized carbons (Fsp3) is 1.00. The lowest BCUT2D eigenvalue weighted by atomic mass is 10.1. The highest BCUT2D eigenvalue weighted by atomic mass is 16.5. The highest BCUT2D eigenvalue weighted by Gasteiger charge is 2.06. The van der Waals surface area contributed by atoms with Crippen molar-refractivity contribution in [1.82, 2.24) is 5.32 Å². The molecule has 0 aromatic carbocycles. The molecule has 22 heavy (non-hydrogen) atoms. The smallest absolute Gasteiger partial charge is 0.0701 e. The average molecular weight is 319 g/mol. The molecule has 0 fully saturated rings. The van der Waals surface area contributed by atoms with Crippen molar-refractivity contribution < 1.29 is 18.9 Å². The van der Waals surface area contributed by atoms with Crippen molar-refractivity contribution in [3.8, 4) is 0 Å². The van der Waals surface area contributed by atoms with Crippen molar-refractivity contribution in [2.24, 2.45) is 0 Å². The Balaban J connectivity index is 3.00. The molecular weight excluding hydrogens is 282 g/mol. The summed E-state index contributed by atoms with van der Waals surface area (Å²) in [5.41, 5.74) is 0.157. The van der Waals surface area contributed by atoms with Gasteiger partial charge < -0.3 is 24.3 Å². The van der Waals surface area contributed by atoms with Crippen LogP contribution in [-0.4, -0.2) is 64.9 Å². The van der Waals surface area contributed by atoms with Gasteiger partial charge in [0, 0.05) is 31.9 Å². The van der Waals surface area contributed by atoms with Crippen LogP contribution in [0.4, 0.5) is 0 Å². The number of hydrogen-bond donors (Lipinski definition) is 1. The maximum atomic E-state index is 5.52. The van der Waals surface area contributed by atoms with E-state index in [-0.39, 0.29) is 5.54 Å². The van der Waals surface area contributed by atoms with Gasteiger partial charge in [0.1, 0.15) is 0 Å². The van der Waals surface area contributed by atoms with E-state index < -0.39 is 0 Å². The van der Waals surface area contributed by atoms with Crippen LogP contribution in [0.3, 0.4) is 0 Å². The Morgan fingerprint density at radius 3 is 1.55 bits per heavy atom. The summed E-state index contributed by atoms with van der Waals surface area (Å²) in [6, 6.07) is 0. The van der Waals surface area contributed by atoms with Gasteiger partial charge >= 0.3 is 0 Å². The molecule has 134 valence electrons. The number of nitrogens with one attached hydrogen (secondary N) is 1. The summed E-state index contributed by atoms with van der Waals surface area (Å²) in [5, 5.41) is 3.38. The van der Waals surface area contributed by atoms with E-state index >= 15 is 0 Å². The third-order valence-electron chi connectivity index (χ3n) is 2.82. The molecule has 0 aliphatic heterocycles. The van der Waals surface area contributed by atoms with Gasteiger partial charge in [-0.3, -0.25) is 0 Å². The second kappa shape index (κ2) is 15.7. The second-order valence-electron chi connectivity index (χ2n) is 6.33. The zero-order chi connectivity index (χ0) is 16.5. The Bertz CT molecular complexity index is 219. The molecule has 0 saturated carbocycles. The fourth-order valence-electron chi connectivity index (χ4n) is 1.69. The number of ether oxygens (including phenoxy) is 4. The summed E-state index contributed by atoms with van der Waals surface area (Å²) in [6.07, 6.45) is 3.12. The van der Waals surface area contributed by atoms with Gasteiger partial charge in [-0.1, -0.05) is 6.92 Å². The first-order valence-electron chi connectivity index (χ1n) is 8.62. The van der Waals surface area contributed by atoms with Crippen LogP contribution in [0, 0.1) is 0 Å². The number of hydrogen-bond acceptors (Lipinski definition) is 5. The SMILES string of the molecule is CCCOCCOCCCCOCCOCCNC(C)(C)C. The van der Waals surface area contributed by atoms with Crippen LogP contribution < -0.4 is 5.32 Å². The summed E-state index contributed by atoms with van der Waals surface area (Å²) in [5.74, 6) is 0. The van der Waals surface area contributed by atoms with Crippen molar-refractivity contribution in [2.75, 3.05) is 59.4 Å². The van der Waals surface area contributed by atoms with E-state index in [2.05, 4.69) is 33.0 Å². The van der Waals surface area contributed by atoms with Gasteiger partial charge in [0.2, 0.25) is 0 Å². The molecule has 0 saturated heterocycles. The summed E-state index contributed by atoms with van der Waals surface area (Å²) in [7, 11) is 0. The van der Waals surface area contributed by atoms with Crippen LogP contribution in [-0.2, 0) is 18.9 Å². The summed E-state index contributed by atoms with van der Waals surface area (Å²) < 4.78 is 21.8. The molecule has 0 spiro atoms. The molecule has 0 aliphatic rings. The van der Waals surface area contributed by atoms with Crippen LogP contribution >= 0.6 is 0 Å². The van der Waals surface area contributed by atoms with Crippen molar-refractivity contribution >= 4 is 0 Å². The summed E-state index contributed by atoms with van der Waals surface area (Å²) >= 11 is 0. The molecule has 0 bridgehead atoms. The van der Waals surface area contributed by atoms with Gasteiger partial charge in [0.25, 0.3) is 0 Å². The topological polar surface area (TPSA) is 49.0 Å². The average Bonchev–Trinajstić information content (AvgIpc) is 2.45. The first kappa shape index (κ1) is 21.8. The maximum Gasteiger partial charge on any atom is 0.0701 e. The monoisotopic (exact) mass is 319 g/mol. The quantitative estimate of drug-likeness (QED) is 0.443. The van der Waals surface area contributed by atoms with E-state index in [0.29, 0.717) is 26.4 Å². The Morgan fingerprint density at radius 1 is 0.636 bits per heavy atom. The summed E-state index contributed by atoms with van der Waals surface area (Å²) in [6.45, 7) is 15.3. The Kier molecular flexibility index (Phi) is 15.5. The number of unbranched alkanes of at least 4 members (excludes halogenated alkanes) is 1. The van der Waals surface area contributed by atoms with Crippen molar-refractivity contribution in [3.63, 3.8) is 0 Å². The normalized spacial score (nSPS) is 12.0. The largest absolute Gasteiger partial charge is 0.379 e. The molecule has 5 nitrogen and oxygen atoms in total. The lowest BCUT2D eigenvalue weighted by Gasteiger charge is -2.20. The maximum absolute atomic E-state index is 5.52. The zero-order valence-electron chi connectivity index (χ0n) is 15.1. The first-order valence-corrected chi connectivity index (χ1v) is 8.62. The third-order valence-corrected chi connectivity index (χ3v) is 2.82. The third kappa shape index (κ3) is 19.8. The van der Waals surface area contributed by atoms with Crippen LogP contribution in [0.1, 0.15) is 47.0 Å². The van der Waals surface area contributed by atoms with Gasteiger partial charge in [-0.2, -0.15) is 0 Å². The number of rotatable bonds is 16. The van der Waals surface area contributed by atoms with Gasteiger partial charge in [-0.05, 0) is 40.0 Å². The van der Waals surface area contributed by atoms with Crippen molar-refractivity contribution in [3.05, 3.63) is 0 Å². The minimum atomic E-state index is 0.157. The zero-order valence-corrected chi connectivity index (χ0v) is 15.1. The van der Waals surface area contributed by atoms with Gasteiger partial charge in [0.05, 0.1) is 33.0 Å². The van der Waals surface area contributed by atoms with Crippen molar-refractivity contribution in [1.29, 1.82) is 0 Å². The van der Waals surface area contributed by atoms with E-state index in [1.165, 1.54) is 0 Å². The van der Waals surface area contributed by atoms with Crippen LogP contribution in [0.25, 0.3) is 0 Å². The van der Waals surface area contributed by atoms with E-state index in [4.69, 9.17) is 18.9 Å². The van der Waals surface area contributed by atoms with Crippen LogP contribution in [0.15, 0.2) is 0 Å². The molecule has 0 aliphatic carbocycles. The Morgan fingerprint density at radius 2 is 1.09 bits per heavy atom. The predicted molar refractivity (Wildman–Crippen MR) is 90.6 cm³/mol. The first-order chi connectivity index (χ1) is 10.6. The Labute approximate surface area is 137 Å². The van der Waals surface area contributed by atoms with E-state index in [1.54, 1.807) is 0 Å². The lowest BCUT2D eigenvalue weighted by Crippen LogP contribution is -2.38. The molecule has 0 rings (SSSR count). The standard InChI is InChI=1S/C17H37NO4/c1-5-9-19-13-14-20-10-6-7-11-21-15-16-22-12-8-18-17(2,3)4/h18H,5-16H2,1-4H3. The fourth-order valence-corrected chi connectivity index (χ4v) is 1.69. The van der Waals surface area contributed by atoms with E-state index in [1.807, 2.05) is 0 Å². The molecule has 0 radical (unpaired) electrons. The van der Waals surface area contributed by atoms with Crippen molar-refractivity contribution in [2.45, 2.75) is 52.5 Å². The molecule has 1 N–H and O–H groups in total. The summed E-state index contributed by atoms with van der Waals surface area (Å²) in [4.78, 5) is 0. The lowest BCUT2D eigenvalue weighted by molar-refractivity contribution is 0.0337. The van der Waals surface area contributed by atoms with E-state index in [0.717, 1.165) is 52.2 Å². The molecule has 0 heterocycles. The van der Waals surface area contributed by atoms with Gasteiger partial charge in [-0.25, -0.2) is 0 Å². The van der Waals surface area contributed by atoms with Gasteiger partial charge in [0.15, 0.2) is 0 Å². The van der Waals surface area contributed by atoms with Crippen LogP contribution in [0.5, 0.6) is 0 Å². The minimum absolute atomic E-state index is 0.157. The Hall–Kier alpha value is -0.200. The molecule has 0 amide bonds. The highest BCUT2D eigenvalue weighted by Crippen LogP contribution is 1.97. The molecular formula is C17H37NO4. The van der Waals surface area contributed by atoms with E-state index in [9.17, 15) is 0 Å². The minimum Gasteiger partial charge on any atom is -0.379 e. The molecule has 5 heteroatoms. The van der Waals surface area contributed by atoms with Crippen LogP contribution in [0.2, 0.25) is 0 Å². The molecule has 0 aromatic heterocycles. The highest BCUT2D eigenvalue weighted by molar-refractivity contribution is 4.69. The predicted octanol–water partition coefficient (Wildman–Crippen LogP) is 2.63. The molecule has 0 aromatic rings. The molecule has 0 atom stereocenters.